The molecule has 104 valence electrons. The molecule has 2 aromatic rings. The van der Waals surface area contributed by atoms with E-state index in [1.807, 2.05) is 24.3 Å². The third-order valence-electron chi connectivity index (χ3n) is 3.53. The molecule has 5 heteroatoms. The predicted molar refractivity (Wildman–Crippen MR) is 76.2 cm³/mol. The quantitative estimate of drug-likeness (QED) is 0.877. The molecule has 1 aliphatic rings. The first kappa shape index (κ1) is 12.7. The number of carbonyl (C=O) groups is 1. The number of nitrogens with zero attached hydrogens (tertiary/aromatic N) is 1. The first-order valence-corrected chi connectivity index (χ1v) is 6.84. The molecule has 0 saturated heterocycles. The summed E-state index contributed by atoms with van der Waals surface area (Å²) in [5, 5.41) is 6.05. The first-order chi connectivity index (χ1) is 9.81. The number of carbonyl (C=O) groups excluding carboxylic acids is 1. The van der Waals surface area contributed by atoms with Crippen LogP contribution in [0.4, 0.5) is 11.5 Å². The molecule has 1 fully saturated rings. The zero-order chi connectivity index (χ0) is 13.8. The number of aromatic nitrogens is 1. The molecule has 5 nitrogen and oxygen atoms in total. The molecule has 0 aliphatic heterocycles. The van der Waals surface area contributed by atoms with Crippen LogP contribution in [0, 0.1) is 5.92 Å². The van der Waals surface area contributed by atoms with Crippen molar-refractivity contribution >= 4 is 17.4 Å². The van der Waals surface area contributed by atoms with Gasteiger partial charge in [0.15, 0.2) is 0 Å². The summed E-state index contributed by atoms with van der Waals surface area (Å²) in [6.45, 7) is 0.591. The summed E-state index contributed by atoms with van der Waals surface area (Å²) in [5.74, 6) is 1.90. The fourth-order valence-electron chi connectivity index (χ4n) is 2.08. The summed E-state index contributed by atoms with van der Waals surface area (Å²) < 4.78 is 5.23. The lowest BCUT2D eigenvalue weighted by Gasteiger charge is -2.23. The lowest BCUT2D eigenvalue weighted by atomic mass is 9.85. The van der Waals surface area contributed by atoms with Crippen molar-refractivity contribution in [2.75, 3.05) is 10.6 Å². The van der Waals surface area contributed by atoms with Gasteiger partial charge in [0.1, 0.15) is 11.6 Å². The van der Waals surface area contributed by atoms with Gasteiger partial charge in [0.2, 0.25) is 5.91 Å². The van der Waals surface area contributed by atoms with Crippen LogP contribution in [0.25, 0.3) is 0 Å². The topological polar surface area (TPSA) is 67.2 Å². The average molecular weight is 271 g/mol. The monoisotopic (exact) mass is 271 g/mol. The van der Waals surface area contributed by atoms with Crippen LogP contribution in [0.5, 0.6) is 0 Å². The van der Waals surface area contributed by atoms with Crippen molar-refractivity contribution in [1.82, 2.24) is 4.98 Å². The van der Waals surface area contributed by atoms with E-state index < -0.39 is 0 Å². The normalized spacial score (nSPS) is 14.6. The van der Waals surface area contributed by atoms with E-state index in [1.54, 1.807) is 12.5 Å². The van der Waals surface area contributed by atoms with E-state index in [9.17, 15) is 4.79 Å². The fraction of sp³-hybridized carbons (Fsp3) is 0.333. The summed E-state index contributed by atoms with van der Waals surface area (Å²) in [7, 11) is 0. The maximum absolute atomic E-state index is 11.8. The van der Waals surface area contributed by atoms with Crippen LogP contribution in [0.1, 0.15) is 25.0 Å². The van der Waals surface area contributed by atoms with E-state index in [0.717, 1.165) is 36.5 Å². The van der Waals surface area contributed by atoms with Gasteiger partial charge in [-0.25, -0.2) is 4.98 Å². The van der Waals surface area contributed by atoms with Crippen molar-refractivity contribution in [1.29, 1.82) is 0 Å². The SMILES string of the molecule is O=C(Nc1ccc(NCc2ccco2)nc1)C1CCC1. The van der Waals surface area contributed by atoms with E-state index in [-0.39, 0.29) is 11.8 Å². The third-order valence-corrected chi connectivity index (χ3v) is 3.53. The molecule has 2 heterocycles. The second-order valence-corrected chi connectivity index (χ2v) is 4.98. The molecule has 20 heavy (non-hydrogen) atoms. The Bertz CT molecular complexity index is 559. The molecule has 0 aromatic carbocycles. The molecular weight excluding hydrogens is 254 g/mol. The van der Waals surface area contributed by atoms with E-state index in [1.165, 1.54) is 0 Å². The zero-order valence-electron chi connectivity index (χ0n) is 11.1. The second kappa shape index (κ2) is 5.77. The lowest BCUT2D eigenvalue weighted by molar-refractivity contribution is -0.122. The van der Waals surface area contributed by atoms with E-state index in [4.69, 9.17) is 4.42 Å². The minimum atomic E-state index is 0.106. The highest BCUT2D eigenvalue weighted by Gasteiger charge is 2.25. The van der Waals surface area contributed by atoms with Crippen LogP contribution < -0.4 is 10.6 Å². The summed E-state index contributed by atoms with van der Waals surface area (Å²) in [4.78, 5) is 16.1. The number of furan rings is 1. The summed E-state index contributed by atoms with van der Waals surface area (Å²) in [6.07, 6.45) is 6.47. The van der Waals surface area contributed by atoms with Gasteiger partial charge in [-0.3, -0.25) is 4.79 Å². The zero-order valence-corrected chi connectivity index (χ0v) is 11.1. The number of amides is 1. The Morgan fingerprint density at radius 2 is 2.25 bits per heavy atom. The molecule has 0 spiro atoms. The Morgan fingerprint density at radius 3 is 2.85 bits per heavy atom. The number of rotatable bonds is 5. The first-order valence-electron chi connectivity index (χ1n) is 6.84. The Kier molecular flexibility index (Phi) is 3.67. The van der Waals surface area contributed by atoms with E-state index in [0.29, 0.717) is 6.54 Å². The smallest absolute Gasteiger partial charge is 0.227 e. The lowest BCUT2D eigenvalue weighted by Crippen LogP contribution is -2.28. The van der Waals surface area contributed by atoms with E-state index in [2.05, 4.69) is 15.6 Å². The van der Waals surface area contributed by atoms with Gasteiger partial charge < -0.3 is 15.1 Å². The van der Waals surface area contributed by atoms with E-state index >= 15 is 0 Å². The summed E-state index contributed by atoms with van der Waals surface area (Å²) >= 11 is 0. The minimum Gasteiger partial charge on any atom is -0.467 e. The van der Waals surface area contributed by atoms with Crippen molar-refractivity contribution < 1.29 is 9.21 Å². The largest absolute Gasteiger partial charge is 0.467 e. The standard InChI is InChI=1S/C15H17N3O2/c19-15(11-3-1-4-11)18-12-6-7-14(16-9-12)17-10-13-5-2-8-20-13/h2,5-9,11H,1,3-4,10H2,(H,16,17)(H,18,19). The molecule has 3 rings (SSSR count). The average Bonchev–Trinajstić information content (AvgIpc) is 2.89. The second-order valence-electron chi connectivity index (χ2n) is 4.98. The van der Waals surface area contributed by atoms with Crippen molar-refractivity contribution in [3.63, 3.8) is 0 Å². The minimum absolute atomic E-state index is 0.106. The van der Waals surface area contributed by atoms with Gasteiger partial charge in [-0.1, -0.05) is 6.42 Å². The maximum Gasteiger partial charge on any atom is 0.227 e. The molecule has 1 aliphatic carbocycles. The van der Waals surface area contributed by atoms with Gasteiger partial charge in [-0.2, -0.15) is 0 Å². The highest BCUT2D eigenvalue weighted by molar-refractivity contribution is 5.92. The van der Waals surface area contributed by atoms with Crippen LogP contribution in [0.15, 0.2) is 41.1 Å². The summed E-state index contributed by atoms with van der Waals surface area (Å²) in [5.41, 5.74) is 0.741. The number of anilines is 2. The van der Waals surface area contributed by atoms with Gasteiger partial charge in [0.25, 0.3) is 0 Å². The molecule has 0 atom stereocenters. The molecule has 2 N–H and O–H groups in total. The van der Waals surface area contributed by atoms with Crippen LogP contribution in [-0.2, 0) is 11.3 Å². The predicted octanol–water partition coefficient (Wildman–Crippen LogP) is 3.03. The van der Waals surface area contributed by atoms with Crippen molar-refractivity contribution in [3.05, 3.63) is 42.5 Å². The Morgan fingerprint density at radius 1 is 1.35 bits per heavy atom. The van der Waals surface area contributed by atoms with Gasteiger partial charge in [-0.05, 0) is 37.1 Å². The molecule has 0 bridgehead atoms. The molecule has 1 saturated carbocycles. The van der Waals surface area contributed by atoms with Crippen LogP contribution in [0.3, 0.4) is 0 Å². The number of nitrogens with one attached hydrogen (secondary N) is 2. The van der Waals surface area contributed by atoms with Gasteiger partial charge in [-0.15, -0.1) is 0 Å². The Balaban J connectivity index is 1.52. The van der Waals surface area contributed by atoms with Gasteiger partial charge in [0.05, 0.1) is 24.7 Å². The highest BCUT2D eigenvalue weighted by atomic mass is 16.3. The number of pyridine rings is 1. The Labute approximate surface area is 117 Å². The third kappa shape index (κ3) is 2.99. The fourth-order valence-corrected chi connectivity index (χ4v) is 2.08. The maximum atomic E-state index is 11.8. The van der Waals surface area contributed by atoms with Crippen LogP contribution >= 0.6 is 0 Å². The van der Waals surface area contributed by atoms with Crippen LogP contribution in [-0.4, -0.2) is 10.9 Å². The van der Waals surface area contributed by atoms with Gasteiger partial charge in [0, 0.05) is 5.92 Å². The van der Waals surface area contributed by atoms with Gasteiger partial charge >= 0.3 is 0 Å². The van der Waals surface area contributed by atoms with Crippen molar-refractivity contribution in [3.8, 4) is 0 Å². The molecule has 1 amide bonds. The Hall–Kier alpha value is -2.30. The highest BCUT2D eigenvalue weighted by Crippen LogP contribution is 2.27. The molecule has 0 unspecified atom stereocenters. The van der Waals surface area contributed by atoms with Crippen molar-refractivity contribution in [2.24, 2.45) is 5.92 Å². The molecule has 0 radical (unpaired) electrons. The summed E-state index contributed by atoms with van der Waals surface area (Å²) in [6, 6.07) is 7.46. The molecule has 2 aromatic heterocycles. The number of hydrogen-bond donors (Lipinski definition) is 2. The number of hydrogen-bond acceptors (Lipinski definition) is 4. The van der Waals surface area contributed by atoms with Crippen molar-refractivity contribution in [2.45, 2.75) is 25.8 Å². The molecular formula is C15H17N3O2. The van der Waals surface area contributed by atoms with Crippen LogP contribution in [0.2, 0.25) is 0 Å².